The molecule has 0 spiro atoms. The molecule has 3 heterocycles. The quantitative estimate of drug-likeness (QED) is 0.295. The molecule has 5 rings (SSSR count). The van der Waals surface area contributed by atoms with E-state index in [4.69, 9.17) is 10.2 Å². The molecule has 0 saturated carbocycles. The van der Waals surface area contributed by atoms with Crippen LogP contribution in [0.2, 0.25) is 0 Å². The van der Waals surface area contributed by atoms with Crippen LogP contribution in [-0.2, 0) is 18.0 Å². The van der Waals surface area contributed by atoms with Crippen molar-refractivity contribution in [3.8, 4) is 33.8 Å². The Bertz CT molecular complexity index is 1690. The van der Waals surface area contributed by atoms with E-state index in [1.807, 2.05) is 23.7 Å². The molecular formula is C26H20F3N7O2. The number of nitrogens with one attached hydrogen (secondary N) is 1. The molecule has 5 aromatic rings. The van der Waals surface area contributed by atoms with Gasteiger partial charge in [-0.25, -0.2) is 9.97 Å². The van der Waals surface area contributed by atoms with Crippen molar-refractivity contribution in [2.24, 2.45) is 7.05 Å². The van der Waals surface area contributed by atoms with Gasteiger partial charge in [0.2, 0.25) is 5.89 Å². The molecule has 1 amide bonds. The Kier molecular flexibility index (Phi) is 5.94. The third kappa shape index (κ3) is 4.36. The zero-order valence-electron chi connectivity index (χ0n) is 20.2. The van der Waals surface area contributed by atoms with Gasteiger partial charge in [-0.15, -0.1) is 10.2 Å². The summed E-state index contributed by atoms with van der Waals surface area (Å²) >= 11 is 0. The summed E-state index contributed by atoms with van der Waals surface area (Å²) in [5, 5.41) is 9.98. The van der Waals surface area contributed by atoms with E-state index in [2.05, 4.69) is 32.1 Å². The maximum absolute atomic E-state index is 12.9. The lowest BCUT2D eigenvalue weighted by atomic mass is 9.97. The number of fused-ring (bicyclic) bond motifs is 1. The topological polar surface area (TPSA) is 125 Å². The third-order valence-corrected chi connectivity index (χ3v) is 5.89. The Hall–Kier alpha value is -5.00. The van der Waals surface area contributed by atoms with Crippen LogP contribution in [0, 0.1) is 0 Å². The largest absolute Gasteiger partial charge is 0.470 e. The van der Waals surface area contributed by atoms with Crippen LogP contribution in [0.3, 0.4) is 0 Å². The fourth-order valence-corrected chi connectivity index (χ4v) is 4.08. The minimum Gasteiger partial charge on any atom is -0.413 e. The molecule has 38 heavy (non-hydrogen) atoms. The fraction of sp³-hybridized carbons (Fsp3) is 0.115. The average molecular weight is 519 g/mol. The summed E-state index contributed by atoms with van der Waals surface area (Å²) in [6, 6.07) is 13.8. The van der Waals surface area contributed by atoms with Gasteiger partial charge < -0.3 is 20.0 Å². The van der Waals surface area contributed by atoms with Crippen molar-refractivity contribution in [2.45, 2.75) is 13.1 Å². The van der Waals surface area contributed by atoms with E-state index in [0.717, 1.165) is 16.8 Å². The number of rotatable bonds is 5. The molecule has 3 aromatic heterocycles. The first-order valence-corrected chi connectivity index (χ1v) is 11.2. The van der Waals surface area contributed by atoms with Gasteiger partial charge in [0.05, 0.1) is 11.1 Å². The molecule has 0 radical (unpaired) electrons. The number of nitrogens with zero attached hydrogens (tertiary/aromatic N) is 5. The normalized spacial score (nSPS) is 11.6. The van der Waals surface area contributed by atoms with Crippen LogP contribution in [-0.4, -0.2) is 30.6 Å². The minimum absolute atomic E-state index is 0.253. The lowest BCUT2D eigenvalue weighted by molar-refractivity contribution is -0.156. The van der Waals surface area contributed by atoms with Crippen molar-refractivity contribution in [2.75, 3.05) is 11.1 Å². The van der Waals surface area contributed by atoms with E-state index in [-0.39, 0.29) is 17.6 Å². The van der Waals surface area contributed by atoms with Crippen LogP contribution < -0.4 is 11.1 Å². The monoisotopic (exact) mass is 519 g/mol. The zero-order chi connectivity index (χ0) is 27.2. The number of carbonyl (C=O) groups is 1. The van der Waals surface area contributed by atoms with Crippen molar-refractivity contribution < 1.29 is 22.4 Å². The molecule has 0 aliphatic carbocycles. The Balaban J connectivity index is 1.60. The maximum Gasteiger partial charge on any atom is 0.470 e. The van der Waals surface area contributed by atoms with Gasteiger partial charge in [0.1, 0.15) is 17.8 Å². The first-order chi connectivity index (χ1) is 18.0. The first-order valence-electron chi connectivity index (χ1n) is 11.2. The zero-order valence-corrected chi connectivity index (χ0v) is 20.2. The fourth-order valence-electron chi connectivity index (χ4n) is 4.08. The molecule has 2 aromatic carbocycles. The van der Waals surface area contributed by atoms with Crippen LogP contribution >= 0.6 is 0 Å². The lowest BCUT2D eigenvalue weighted by Gasteiger charge is -2.11. The van der Waals surface area contributed by atoms with Crippen molar-refractivity contribution >= 4 is 28.4 Å². The molecule has 0 aliphatic heterocycles. The van der Waals surface area contributed by atoms with Gasteiger partial charge in [-0.3, -0.25) is 4.79 Å². The molecule has 12 heteroatoms. The summed E-state index contributed by atoms with van der Waals surface area (Å²) in [5.41, 5.74) is 11.2. The van der Waals surface area contributed by atoms with Crippen molar-refractivity contribution in [3.63, 3.8) is 0 Å². The number of aromatic nitrogens is 5. The van der Waals surface area contributed by atoms with E-state index in [0.29, 0.717) is 33.4 Å². The van der Waals surface area contributed by atoms with E-state index >= 15 is 0 Å². The summed E-state index contributed by atoms with van der Waals surface area (Å²) in [6.45, 7) is 5.26. The van der Waals surface area contributed by atoms with Crippen molar-refractivity contribution in [3.05, 3.63) is 72.9 Å². The number of amides is 1. The number of nitrogens with two attached hydrogens (primary N) is 1. The molecule has 192 valence electrons. The smallest absolute Gasteiger partial charge is 0.413 e. The van der Waals surface area contributed by atoms with Gasteiger partial charge in [-0.05, 0) is 42.3 Å². The van der Waals surface area contributed by atoms with Crippen LogP contribution in [0.1, 0.15) is 12.8 Å². The number of halogens is 3. The molecule has 0 unspecified atom stereocenters. The van der Waals surface area contributed by atoms with Gasteiger partial charge in [-0.2, -0.15) is 13.2 Å². The van der Waals surface area contributed by atoms with Crippen LogP contribution in [0.15, 0.2) is 71.4 Å². The molecule has 0 aliphatic rings. The Morgan fingerprint density at radius 3 is 2.24 bits per heavy atom. The molecular weight excluding hydrogens is 499 g/mol. The molecule has 0 fully saturated rings. The molecule has 0 atom stereocenters. The number of nitrogen functional groups attached to an aromatic ring is 1. The number of hydrogen-bond donors (Lipinski definition) is 2. The Morgan fingerprint density at radius 2 is 1.63 bits per heavy atom. The standard InChI is InChI=1S/C26H20F3N7O2/c1-13(2)23(37)33-17-10-8-15(9-11-17)20-18(19-21(30)31-12-32-22(19)36(20)3)14-4-6-16(7-5-14)24-34-35-25(38-24)26(27,28)29/h4-12H,1H2,2-3H3,(H,33,37)(H2,30,31,32). The highest BCUT2D eigenvalue weighted by atomic mass is 19.4. The first kappa shape index (κ1) is 24.7. The summed E-state index contributed by atoms with van der Waals surface area (Å²) in [7, 11) is 1.84. The highest BCUT2D eigenvalue weighted by Crippen LogP contribution is 2.42. The predicted molar refractivity (Wildman–Crippen MR) is 136 cm³/mol. The van der Waals surface area contributed by atoms with Crippen LogP contribution in [0.4, 0.5) is 24.7 Å². The van der Waals surface area contributed by atoms with Crippen molar-refractivity contribution in [1.82, 2.24) is 24.7 Å². The van der Waals surface area contributed by atoms with Crippen LogP contribution in [0.5, 0.6) is 0 Å². The number of anilines is 2. The summed E-state index contributed by atoms with van der Waals surface area (Å²) in [4.78, 5) is 20.5. The van der Waals surface area contributed by atoms with Gasteiger partial charge >= 0.3 is 12.1 Å². The average Bonchev–Trinajstić information content (AvgIpc) is 3.49. The summed E-state index contributed by atoms with van der Waals surface area (Å²) < 4.78 is 45.3. The van der Waals surface area contributed by atoms with Gasteiger partial charge in [0, 0.05) is 29.4 Å². The summed E-state index contributed by atoms with van der Waals surface area (Å²) in [5.74, 6) is -1.68. The third-order valence-electron chi connectivity index (χ3n) is 5.89. The maximum atomic E-state index is 12.9. The SMILES string of the molecule is C=C(C)C(=O)Nc1ccc(-c2c(-c3ccc(-c4nnc(C(F)(F)F)o4)cc3)c3c(N)ncnc3n2C)cc1. The second kappa shape index (κ2) is 9.14. The molecule has 9 nitrogen and oxygen atoms in total. The number of hydrogen-bond acceptors (Lipinski definition) is 7. The van der Waals surface area contributed by atoms with E-state index in [9.17, 15) is 18.0 Å². The van der Waals surface area contributed by atoms with Crippen LogP contribution in [0.25, 0.3) is 44.9 Å². The summed E-state index contributed by atoms with van der Waals surface area (Å²) in [6.07, 6.45) is -3.36. The van der Waals surface area contributed by atoms with E-state index in [1.54, 1.807) is 43.3 Å². The number of benzene rings is 2. The minimum atomic E-state index is -4.73. The lowest BCUT2D eigenvalue weighted by Crippen LogP contribution is -2.11. The van der Waals surface area contributed by atoms with E-state index in [1.165, 1.54) is 6.33 Å². The second-order valence-corrected chi connectivity index (χ2v) is 8.54. The Labute approximate surface area is 213 Å². The van der Waals surface area contributed by atoms with Gasteiger partial charge in [-0.1, -0.05) is 30.8 Å². The molecule has 0 bridgehead atoms. The van der Waals surface area contributed by atoms with Crippen molar-refractivity contribution in [1.29, 1.82) is 0 Å². The van der Waals surface area contributed by atoms with E-state index < -0.39 is 12.1 Å². The second-order valence-electron chi connectivity index (χ2n) is 8.54. The number of aryl methyl sites for hydroxylation is 1. The molecule has 0 saturated heterocycles. The highest BCUT2D eigenvalue weighted by Gasteiger charge is 2.38. The number of alkyl halides is 3. The predicted octanol–water partition coefficient (Wildman–Crippen LogP) is 5.47. The van der Waals surface area contributed by atoms with Gasteiger partial charge in [0.15, 0.2) is 0 Å². The highest BCUT2D eigenvalue weighted by molar-refractivity contribution is 6.08. The molecule has 3 N–H and O–H groups in total. The number of carbonyl (C=O) groups excluding carboxylic acids is 1. The van der Waals surface area contributed by atoms with Gasteiger partial charge in [0.25, 0.3) is 5.91 Å². The Morgan fingerprint density at radius 1 is 1.00 bits per heavy atom.